The van der Waals surface area contributed by atoms with Crippen LogP contribution in [0.4, 0.5) is 8.78 Å². The average molecular weight is 344 g/mol. The minimum Gasteiger partial charge on any atom is -0.299 e. The molecule has 0 amide bonds. The van der Waals surface area contributed by atoms with E-state index < -0.39 is 21.5 Å². The molecule has 7 heteroatoms. The molecule has 2 aliphatic heterocycles. The molecule has 2 aliphatic rings. The van der Waals surface area contributed by atoms with Gasteiger partial charge in [0.05, 0.1) is 11.5 Å². The lowest BCUT2D eigenvalue weighted by Gasteiger charge is -2.40. The van der Waals surface area contributed by atoms with E-state index in [2.05, 4.69) is 9.80 Å². The molecule has 0 N–H and O–H groups in total. The summed E-state index contributed by atoms with van der Waals surface area (Å²) in [6, 6.07) is 4.49. The van der Waals surface area contributed by atoms with Gasteiger partial charge < -0.3 is 0 Å². The number of piperidine rings is 1. The highest BCUT2D eigenvalue weighted by molar-refractivity contribution is 7.91. The predicted octanol–water partition coefficient (Wildman–Crippen LogP) is 1.66. The summed E-state index contributed by atoms with van der Waals surface area (Å²) in [7, 11) is -2.83. The summed E-state index contributed by atoms with van der Waals surface area (Å²) in [4.78, 5) is 4.53. The highest BCUT2D eigenvalue weighted by atomic mass is 32.2. The van der Waals surface area contributed by atoms with Crippen LogP contribution in [0.1, 0.15) is 18.4 Å². The lowest BCUT2D eigenvalue weighted by molar-refractivity contribution is 0.111. The maximum Gasteiger partial charge on any atom is 0.159 e. The van der Waals surface area contributed by atoms with Gasteiger partial charge in [0.25, 0.3) is 0 Å². The lowest BCUT2D eigenvalue weighted by atomic mass is 10.0. The van der Waals surface area contributed by atoms with Crippen LogP contribution < -0.4 is 0 Å². The molecule has 0 aromatic heterocycles. The molecule has 0 radical (unpaired) electrons. The van der Waals surface area contributed by atoms with E-state index in [1.165, 1.54) is 12.1 Å². The second kappa shape index (κ2) is 6.83. The minimum absolute atomic E-state index is 0.266. The number of nitrogens with zero attached hydrogens (tertiary/aromatic N) is 2. The first kappa shape index (κ1) is 16.8. The van der Waals surface area contributed by atoms with Crippen molar-refractivity contribution < 1.29 is 17.2 Å². The molecule has 0 atom stereocenters. The minimum atomic E-state index is -2.83. The Morgan fingerprint density at radius 1 is 1.00 bits per heavy atom. The van der Waals surface area contributed by atoms with Crippen molar-refractivity contribution in [3.63, 3.8) is 0 Å². The highest BCUT2D eigenvalue weighted by Crippen LogP contribution is 2.21. The molecule has 1 aromatic carbocycles. The maximum atomic E-state index is 13.3. The van der Waals surface area contributed by atoms with E-state index in [-0.39, 0.29) is 11.5 Å². The van der Waals surface area contributed by atoms with Gasteiger partial charge in [-0.25, -0.2) is 17.2 Å². The first-order chi connectivity index (χ1) is 10.9. The van der Waals surface area contributed by atoms with Gasteiger partial charge in [-0.2, -0.15) is 0 Å². The van der Waals surface area contributed by atoms with Crippen LogP contribution in [0.3, 0.4) is 0 Å². The van der Waals surface area contributed by atoms with E-state index in [9.17, 15) is 17.2 Å². The Morgan fingerprint density at radius 3 is 2.26 bits per heavy atom. The van der Waals surface area contributed by atoms with Gasteiger partial charge in [-0.15, -0.1) is 0 Å². The van der Waals surface area contributed by atoms with E-state index in [4.69, 9.17) is 0 Å². The molecule has 0 aliphatic carbocycles. The molecular formula is C16H22F2N2O2S. The summed E-state index contributed by atoms with van der Waals surface area (Å²) in [5, 5.41) is 0. The fourth-order valence-corrected chi connectivity index (χ4v) is 4.66. The molecule has 0 saturated carbocycles. The van der Waals surface area contributed by atoms with Crippen LogP contribution in [0.5, 0.6) is 0 Å². The molecule has 4 nitrogen and oxygen atoms in total. The van der Waals surface area contributed by atoms with Crippen LogP contribution in [-0.4, -0.2) is 61.9 Å². The second-order valence-corrected chi connectivity index (χ2v) is 8.75. The predicted molar refractivity (Wildman–Crippen MR) is 84.9 cm³/mol. The Kier molecular flexibility index (Phi) is 4.98. The Morgan fingerprint density at radius 2 is 1.65 bits per heavy atom. The van der Waals surface area contributed by atoms with E-state index in [0.717, 1.165) is 31.5 Å². The average Bonchev–Trinajstić information content (AvgIpc) is 2.52. The zero-order chi connectivity index (χ0) is 16.4. The van der Waals surface area contributed by atoms with Crippen LogP contribution in [0.25, 0.3) is 0 Å². The SMILES string of the molecule is O=S1(=O)CCN(C2CCN(Cc3ccc(F)c(F)c3)CC2)CC1. The van der Waals surface area contributed by atoms with Gasteiger partial charge in [-0.3, -0.25) is 9.80 Å². The molecule has 0 spiro atoms. The molecule has 0 bridgehead atoms. The summed E-state index contributed by atoms with van der Waals surface area (Å²) < 4.78 is 49.2. The number of rotatable bonds is 3. The van der Waals surface area contributed by atoms with Crippen LogP contribution >= 0.6 is 0 Å². The Hall–Kier alpha value is -1.05. The Bertz CT molecular complexity index is 644. The van der Waals surface area contributed by atoms with Crippen LogP contribution in [0, 0.1) is 11.6 Å². The fourth-order valence-electron chi connectivity index (χ4n) is 3.43. The van der Waals surface area contributed by atoms with Crippen molar-refractivity contribution in [3.8, 4) is 0 Å². The molecule has 23 heavy (non-hydrogen) atoms. The van der Waals surface area contributed by atoms with E-state index in [1.807, 2.05) is 0 Å². The highest BCUT2D eigenvalue weighted by Gasteiger charge is 2.29. The third-order valence-electron chi connectivity index (χ3n) is 4.84. The second-order valence-electron chi connectivity index (χ2n) is 6.44. The van der Waals surface area contributed by atoms with Gasteiger partial charge in [-0.05, 0) is 43.6 Å². The van der Waals surface area contributed by atoms with E-state index >= 15 is 0 Å². The monoisotopic (exact) mass is 344 g/mol. The Balaban J connectivity index is 1.49. The van der Waals surface area contributed by atoms with Crippen molar-refractivity contribution in [2.45, 2.75) is 25.4 Å². The molecule has 2 heterocycles. The number of hydrogen-bond acceptors (Lipinski definition) is 4. The number of likely N-dealkylation sites (tertiary alicyclic amines) is 1. The summed E-state index contributed by atoms with van der Waals surface area (Å²) in [5.41, 5.74) is 0.784. The lowest BCUT2D eigenvalue weighted by Crippen LogP contribution is -2.50. The van der Waals surface area contributed by atoms with Gasteiger partial charge in [0, 0.05) is 25.7 Å². The van der Waals surface area contributed by atoms with Crippen molar-refractivity contribution >= 4 is 9.84 Å². The van der Waals surface area contributed by atoms with E-state index in [0.29, 0.717) is 25.7 Å². The van der Waals surface area contributed by atoms with Crippen molar-refractivity contribution in [3.05, 3.63) is 35.4 Å². The molecule has 0 unspecified atom stereocenters. The number of hydrogen-bond donors (Lipinski definition) is 0. The van der Waals surface area contributed by atoms with Gasteiger partial charge in [-0.1, -0.05) is 6.07 Å². The smallest absolute Gasteiger partial charge is 0.159 e. The summed E-state index contributed by atoms with van der Waals surface area (Å²) in [5.74, 6) is -1.08. The molecular weight excluding hydrogens is 322 g/mol. The summed E-state index contributed by atoms with van der Waals surface area (Å²) >= 11 is 0. The number of benzene rings is 1. The normalized spacial score (nSPS) is 23.9. The number of halogens is 2. The van der Waals surface area contributed by atoms with Gasteiger partial charge in [0.1, 0.15) is 0 Å². The first-order valence-electron chi connectivity index (χ1n) is 8.04. The molecule has 3 rings (SSSR count). The zero-order valence-electron chi connectivity index (χ0n) is 13.0. The van der Waals surface area contributed by atoms with Gasteiger partial charge in [0.2, 0.25) is 0 Å². The van der Waals surface area contributed by atoms with Crippen LogP contribution in [-0.2, 0) is 16.4 Å². The fraction of sp³-hybridized carbons (Fsp3) is 0.625. The molecule has 128 valence electrons. The standard InChI is InChI=1S/C16H22F2N2O2S/c17-15-2-1-13(11-16(15)18)12-19-5-3-14(4-6-19)20-7-9-23(21,22)10-8-20/h1-2,11,14H,3-10,12H2. The molecule has 2 fully saturated rings. The maximum absolute atomic E-state index is 13.3. The number of sulfone groups is 1. The summed E-state index contributed by atoms with van der Waals surface area (Å²) in [6.07, 6.45) is 1.98. The third kappa shape index (κ3) is 4.28. The van der Waals surface area contributed by atoms with Crippen molar-refractivity contribution in [1.82, 2.24) is 9.80 Å². The van der Waals surface area contributed by atoms with Gasteiger partial charge >= 0.3 is 0 Å². The topological polar surface area (TPSA) is 40.6 Å². The third-order valence-corrected chi connectivity index (χ3v) is 6.45. The molecule has 1 aromatic rings. The zero-order valence-corrected chi connectivity index (χ0v) is 13.9. The largest absolute Gasteiger partial charge is 0.299 e. The quantitative estimate of drug-likeness (QED) is 0.836. The van der Waals surface area contributed by atoms with Crippen LogP contribution in [0.15, 0.2) is 18.2 Å². The summed E-state index contributed by atoms with van der Waals surface area (Å²) in [6.45, 7) is 3.68. The van der Waals surface area contributed by atoms with Crippen LogP contribution in [0.2, 0.25) is 0 Å². The first-order valence-corrected chi connectivity index (χ1v) is 9.86. The van der Waals surface area contributed by atoms with Crippen molar-refractivity contribution in [2.24, 2.45) is 0 Å². The van der Waals surface area contributed by atoms with Crippen molar-refractivity contribution in [1.29, 1.82) is 0 Å². The Labute approximate surface area is 136 Å². The molecule has 2 saturated heterocycles. The van der Waals surface area contributed by atoms with E-state index in [1.54, 1.807) is 6.07 Å². The van der Waals surface area contributed by atoms with Gasteiger partial charge in [0.15, 0.2) is 21.5 Å². The van der Waals surface area contributed by atoms with Crippen molar-refractivity contribution in [2.75, 3.05) is 37.7 Å².